The molecule has 14 heavy (non-hydrogen) atoms. The van der Waals surface area contributed by atoms with Crippen LogP contribution in [0.4, 0.5) is 4.79 Å². The van der Waals surface area contributed by atoms with Crippen LogP contribution in [-0.4, -0.2) is 23.4 Å². The molecular formula is C8H12N2O3S. The first-order valence-corrected chi connectivity index (χ1v) is 5.00. The molecule has 1 rings (SSSR count). The molecule has 1 aliphatic carbocycles. The van der Waals surface area contributed by atoms with Crippen LogP contribution in [0.3, 0.4) is 0 Å². The van der Waals surface area contributed by atoms with Crippen molar-refractivity contribution in [2.45, 2.75) is 25.0 Å². The van der Waals surface area contributed by atoms with Gasteiger partial charge in [0.05, 0.1) is 11.9 Å². The maximum Gasteiger partial charge on any atom is 0.388 e. The highest BCUT2D eigenvalue weighted by Gasteiger charge is 2.26. The molecule has 0 radical (unpaired) electrons. The molecule has 1 aliphatic rings. The van der Waals surface area contributed by atoms with Crippen LogP contribution < -0.4 is 10.5 Å². The Balaban J connectivity index is 2.14. The van der Waals surface area contributed by atoms with Crippen molar-refractivity contribution in [1.82, 2.24) is 4.72 Å². The summed E-state index contributed by atoms with van der Waals surface area (Å²) in [4.78, 5) is 22.0. The molecule has 0 aromatic heterocycles. The molecule has 1 atom stereocenters. The van der Waals surface area contributed by atoms with Gasteiger partial charge in [-0.15, -0.1) is 6.58 Å². The highest BCUT2D eigenvalue weighted by Crippen LogP contribution is 2.25. The highest BCUT2D eigenvalue weighted by atomic mass is 32.2. The largest absolute Gasteiger partial charge is 0.453 e. The van der Waals surface area contributed by atoms with Crippen molar-refractivity contribution in [3.8, 4) is 0 Å². The molecule has 3 N–H and O–H groups in total. The van der Waals surface area contributed by atoms with Crippen LogP contribution >= 0.6 is 11.9 Å². The van der Waals surface area contributed by atoms with Crippen LogP contribution in [0, 0.1) is 0 Å². The minimum Gasteiger partial charge on any atom is -0.453 e. The van der Waals surface area contributed by atoms with Gasteiger partial charge in [-0.25, -0.2) is 4.79 Å². The summed E-state index contributed by atoms with van der Waals surface area (Å²) in [5.41, 5.74) is 5.32. The van der Waals surface area contributed by atoms with Gasteiger partial charge in [0.15, 0.2) is 0 Å². The Labute approximate surface area is 86.2 Å². The fraction of sp³-hybridized carbons (Fsp3) is 0.500. The van der Waals surface area contributed by atoms with E-state index >= 15 is 0 Å². The molecule has 1 fully saturated rings. The zero-order chi connectivity index (χ0) is 10.6. The van der Waals surface area contributed by atoms with Gasteiger partial charge >= 0.3 is 5.30 Å². The number of carbonyl (C=O) groups is 2. The van der Waals surface area contributed by atoms with Crippen molar-refractivity contribution in [2.24, 2.45) is 5.73 Å². The molecule has 5 nitrogen and oxygen atoms in total. The van der Waals surface area contributed by atoms with Crippen LogP contribution in [0.15, 0.2) is 12.7 Å². The molecule has 1 amide bonds. The lowest BCUT2D eigenvalue weighted by Crippen LogP contribution is -2.36. The molecule has 0 saturated heterocycles. The van der Waals surface area contributed by atoms with Gasteiger partial charge in [-0.2, -0.15) is 0 Å². The predicted molar refractivity (Wildman–Crippen MR) is 53.4 cm³/mol. The number of amides is 1. The van der Waals surface area contributed by atoms with E-state index in [0.29, 0.717) is 11.9 Å². The molecule has 0 bridgehead atoms. The normalized spacial score (nSPS) is 16.9. The molecule has 0 aromatic rings. The third-order valence-electron chi connectivity index (χ3n) is 1.58. The molecule has 78 valence electrons. The lowest BCUT2D eigenvalue weighted by Gasteiger charge is -2.06. The highest BCUT2D eigenvalue weighted by molar-refractivity contribution is 8.12. The Morgan fingerprint density at radius 1 is 1.64 bits per heavy atom. The van der Waals surface area contributed by atoms with Crippen LogP contribution in [-0.2, 0) is 9.53 Å². The SMILES string of the molecule is C=CC(N)C(=O)NSC(=O)OC1CC1. The van der Waals surface area contributed by atoms with Crippen LogP contribution in [0.2, 0.25) is 0 Å². The van der Waals surface area contributed by atoms with Gasteiger partial charge in [-0.05, 0) is 12.8 Å². The summed E-state index contributed by atoms with van der Waals surface area (Å²) in [5, 5.41) is -0.503. The summed E-state index contributed by atoms with van der Waals surface area (Å²) in [5.74, 6) is -0.460. The van der Waals surface area contributed by atoms with Gasteiger partial charge in [0, 0.05) is 0 Å². The van der Waals surface area contributed by atoms with Gasteiger partial charge in [0.1, 0.15) is 12.1 Å². The van der Waals surface area contributed by atoms with E-state index in [4.69, 9.17) is 10.5 Å². The third-order valence-corrected chi connectivity index (χ3v) is 2.15. The molecular weight excluding hydrogens is 204 g/mol. The molecule has 0 spiro atoms. The minimum atomic E-state index is -0.795. The summed E-state index contributed by atoms with van der Waals surface area (Å²) in [6.45, 7) is 3.36. The summed E-state index contributed by atoms with van der Waals surface area (Å²) in [6.07, 6.45) is 3.15. The van der Waals surface area contributed by atoms with E-state index in [1.807, 2.05) is 0 Å². The second-order valence-corrected chi connectivity index (χ2v) is 3.64. The van der Waals surface area contributed by atoms with Crippen molar-refractivity contribution < 1.29 is 14.3 Å². The Kier molecular flexibility index (Phi) is 3.97. The lowest BCUT2D eigenvalue weighted by atomic mass is 10.3. The number of nitrogens with two attached hydrogens (primary N) is 1. The van der Waals surface area contributed by atoms with Gasteiger partial charge in [0.2, 0.25) is 0 Å². The number of hydrogen-bond acceptors (Lipinski definition) is 5. The van der Waals surface area contributed by atoms with E-state index in [1.54, 1.807) is 0 Å². The molecule has 1 unspecified atom stereocenters. The predicted octanol–water partition coefficient (Wildman–Crippen LogP) is 0.563. The fourth-order valence-corrected chi connectivity index (χ4v) is 1.12. The quantitative estimate of drug-likeness (QED) is 0.409. The van der Waals surface area contributed by atoms with Crippen molar-refractivity contribution in [2.75, 3.05) is 0 Å². The van der Waals surface area contributed by atoms with E-state index in [2.05, 4.69) is 11.3 Å². The summed E-state index contributed by atoms with van der Waals surface area (Å²) < 4.78 is 7.14. The summed E-state index contributed by atoms with van der Waals surface area (Å²) in [6, 6.07) is -0.795. The van der Waals surface area contributed by atoms with Crippen molar-refractivity contribution in [3.63, 3.8) is 0 Å². The summed E-state index contributed by atoms with van der Waals surface area (Å²) in [7, 11) is 0. The van der Waals surface area contributed by atoms with Gasteiger partial charge in [0.25, 0.3) is 5.91 Å². The van der Waals surface area contributed by atoms with E-state index in [-0.39, 0.29) is 6.10 Å². The van der Waals surface area contributed by atoms with E-state index < -0.39 is 17.3 Å². The van der Waals surface area contributed by atoms with E-state index in [0.717, 1.165) is 12.8 Å². The molecule has 0 aliphatic heterocycles. The molecule has 1 saturated carbocycles. The maximum absolute atomic E-state index is 11.0. The van der Waals surface area contributed by atoms with Crippen LogP contribution in [0.5, 0.6) is 0 Å². The van der Waals surface area contributed by atoms with Crippen LogP contribution in [0.25, 0.3) is 0 Å². The molecule has 0 aromatic carbocycles. The number of nitrogens with one attached hydrogen (secondary N) is 1. The minimum absolute atomic E-state index is 0.0416. The molecule has 6 heteroatoms. The molecule has 0 heterocycles. The summed E-state index contributed by atoms with van der Waals surface area (Å²) >= 11 is 0.608. The van der Waals surface area contributed by atoms with Crippen molar-refractivity contribution >= 4 is 23.2 Å². The standard InChI is InChI=1S/C8H12N2O3S/c1-2-6(9)7(11)10-14-8(12)13-5-3-4-5/h2,5-6H,1,3-4,9H2,(H,10,11). The number of rotatable bonds is 3. The van der Waals surface area contributed by atoms with Gasteiger partial charge in [-0.1, -0.05) is 6.08 Å². The first-order chi connectivity index (χ1) is 6.63. The Morgan fingerprint density at radius 2 is 2.29 bits per heavy atom. The van der Waals surface area contributed by atoms with Crippen LogP contribution in [0.1, 0.15) is 12.8 Å². The van der Waals surface area contributed by atoms with Gasteiger partial charge < -0.3 is 10.5 Å². The Hall–Kier alpha value is -1.01. The smallest absolute Gasteiger partial charge is 0.388 e. The number of ether oxygens (including phenoxy) is 1. The number of carbonyl (C=O) groups excluding carboxylic acids is 2. The topological polar surface area (TPSA) is 81.4 Å². The van der Waals surface area contributed by atoms with Crippen molar-refractivity contribution in [1.29, 1.82) is 0 Å². The van der Waals surface area contributed by atoms with E-state index in [1.165, 1.54) is 6.08 Å². The lowest BCUT2D eigenvalue weighted by molar-refractivity contribution is -0.119. The Bertz CT molecular complexity index is 253. The average Bonchev–Trinajstić information content (AvgIpc) is 2.96. The first-order valence-electron chi connectivity index (χ1n) is 4.19. The third kappa shape index (κ3) is 3.80. The maximum atomic E-state index is 11.0. The zero-order valence-electron chi connectivity index (χ0n) is 7.56. The second kappa shape index (κ2) is 5.02. The number of hydrogen-bond donors (Lipinski definition) is 2. The van der Waals surface area contributed by atoms with Crippen molar-refractivity contribution in [3.05, 3.63) is 12.7 Å². The Morgan fingerprint density at radius 3 is 2.79 bits per heavy atom. The van der Waals surface area contributed by atoms with Gasteiger partial charge in [-0.3, -0.25) is 9.52 Å². The second-order valence-electron chi connectivity index (χ2n) is 2.90. The monoisotopic (exact) mass is 216 g/mol. The first kappa shape index (κ1) is 11.1. The average molecular weight is 216 g/mol. The fourth-order valence-electron chi connectivity index (χ4n) is 0.613. The zero-order valence-corrected chi connectivity index (χ0v) is 8.38. The van der Waals surface area contributed by atoms with E-state index in [9.17, 15) is 9.59 Å².